The number of carbonyl (C=O) groups is 1. The third-order valence-electron chi connectivity index (χ3n) is 3.55. The fourth-order valence-electron chi connectivity index (χ4n) is 2.44. The smallest absolute Gasteiger partial charge is 0.220 e. The molecule has 0 aromatic carbocycles. The summed E-state index contributed by atoms with van der Waals surface area (Å²) in [4.78, 5) is 11.8. The molecule has 20 heavy (non-hydrogen) atoms. The fraction of sp³-hybridized carbons (Fsp3) is 0.500. The molecular weight excluding hydrogens is 256 g/mol. The van der Waals surface area contributed by atoms with Gasteiger partial charge in [-0.05, 0) is 31.4 Å². The molecule has 2 aromatic rings. The Hall–Kier alpha value is -1.95. The predicted octanol–water partition coefficient (Wildman–Crippen LogP) is 1.30. The molecule has 1 unspecified atom stereocenters. The standard InChI is InChI=1S/C14H18N4O2/c19-14(7-6-11-4-3-9-20-11)15-10-13-17-16-12-5-1-2-8-18(12)13/h1-2,5,8,11H,3-4,6-7,9-10H2,(H,15,19). The molecule has 3 rings (SSSR count). The highest BCUT2D eigenvalue weighted by atomic mass is 16.5. The van der Waals surface area contributed by atoms with E-state index in [2.05, 4.69) is 15.5 Å². The van der Waals surface area contributed by atoms with Gasteiger partial charge >= 0.3 is 0 Å². The Kier molecular flexibility index (Phi) is 3.92. The second-order valence-corrected chi connectivity index (χ2v) is 5.00. The Bertz CT molecular complexity index is 590. The van der Waals surface area contributed by atoms with Crippen LogP contribution in [0.25, 0.3) is 5.65 Å². The van der Waals surface area contributed by atoms with Crippen molar-refractivity contribution in [1.82, 2.24) is 19.9 Å². The van der Waals surface area contributed by atoms with Gasteiger partial charge in [0.25, 0.3) is 0 Å². The van der Waals surface area contributed by atoms with E-state index in [0.29, 0.717) is 13.0 Å². The number of fused-ring (bicyclic) bond motifs is 1. The number of amides is 1. The molecule has 6 nitrogen and oxygen atoms in total. The molecule has 1 atom stereocenters. The molecule has 1 amide bonds. The number of pyridine rings is 1. The van der Waals surface area contributed by atoms with Gasteiger partial charge < -0.3 is 10.1 Å². The zero-order valence-corrected chi connectivity index (χ0v) is 11.3. The third-order valence-corrected chi connectivity index (χ3v) is 3.55. The van der Waals surface area contributed by atoms with Crippen LogP contribution in [-0.2, 0) is 16.1 Å². The van der Waals surface area contributed by atoms with Crippen LogP contribution in [0.3, 0.4) is 0 Å². The molecule has 1 fully saturated rings. The van der Waals surface area contributed by atoms with Crippen LogP contribution in [0, 0.1) is 0 Å². The second-order valence-electron chi connectivity index (χ2n) is 5.00. The first-order valence-electron chi connectivity index (χ1n) is 7.00. The number of rotatable bonds is 5. The zero-order valence-electron chi connectivity index (χ0n) is 11.3. The number of nitrogens with zero attached hydrogens (tertiary/aromatic N) is 3. The second kappa shape index (κ2) is 6.00. The van der Waals surface area contributed by atoms with E-state index in [-0.39, 0.29) is 12.0 Å². The average Bonchev–Trinajstić information content (AvgIpc) is 3.12. The minimum atomic E-state index is 0.0354. The van der Waals surface area contributed by atoms with Crippen LogP contribution in [0.4, 0.5) is 0 Å². The summed E-state index contributed by atoms with van der Waals surface area (Å²) in [6.07, 6.45) is 5.63. The molecule has 6 heteroatoms. The minimum absolute atomic E-state index is 0.0354. The summed E-state index contributed by atoms with van der Waals surface area (Å²) in [5.41, 5.74) is 0.788. The lowest BCUT2D eigenvalue weighted by atomic mass is 10.1. The van der Waals surface area contributed by atoms with E-state index in [1.165, 1.54) is 0 Å². The van der Waals surface area contributed by atoms with E-state index in [4.69, 9.17) is 4.74 Å². The SMILES string of the molecule is O=C(CCC1CCCO1)NCc1nnc2ccccn12. The van der Waals surface area contributed by atoms with Crippen molar-refractivity contribution in [2.24, 2.45) is 0 Å². The summed E-state index contributed by atoms with van der Waals surface area (Å²) in [7, 11) is 0. The highest BCUT2D eigenvalue weighted by Gasteiger charge is 2.16. The van der Waals surface area contributed by atoms with E-state index in [1.54, 1.807) is 0 Å². The van der Waals surface area contributed by atoms with Gasteiger partial charge in [-0.15, -0.1) is 10.2 Å². The van der Waals surface area contributed by atoms with Crippen molar-refractivity contribution in [1.29, 1.82) is 0 Å². The van der Waals surface area contributed by atoms with Crippen molar-refractivity contribution in [2.45, 2.75) is 38.3 Å². The number of hydrogen-bond donors (Lipinski definition) is 1. The van der Waals surface area contributed by atoms with Gasteiger partial charge in [0.2, 0.25) is 5.91 Å². The monoisotopic (exact) mass is 274 g/mol. The Morgan fingerprint density at radius 2 is 2.40 bits per heavy atom. The fourth-order valence-corrected chi connectivity index (χ4v) is 2.44. The number of carbonyl (C=O) groups excluding carboxylic acids is 1. The van der Waals surface area contributed by atoms with Crippen LogP contribution in [0.2, 0.25) is 0 Å². The lowest BCUT2D eigenvalue weighted by molar-refractivity contribution is -0.121. The summed E-state index contributed by atoms with van der Waals surface area (Å²) in [5, 5.41) is 11.0. The molecular formula is C14H18N4O2. The summed E-state index contributed by atoms with van der Waals surface area (Å²) >= 11 is 0. The number of ether oxygens (including phenoxy) is 1. The maximum atomic E-state index is 11.8. The van der Waals surface area contributed by atoms with Crippen molar-refractivity contribution in [3.05, 3.63) is 30.2 Å². The van der Waals surface area contributed by atoms with Gasteiger partial charge in [-0.25, -0.2) is 0 Å². The average molecular weight is 274 g/mol. The van der Waals surface area contributed by atoms with E-state index >= 15 is 0 Å². The predicted molar refractivity (Wildman–Crippen MR) is 73.0 cm³/mol. The van der Waals surface area contributed by atoms with Crippen LogP contribution >= 0.6 is 0 Å². The van der Waals surface area contributed by atoms with Gasteiger partial charge in [0.15, 0.2) is 11.5 Å². The van der Waals surface area contributed by atoms with Crippen LogP contribution in [0.1, 0.15) is 31.5 Å². The van der Waals surface area contributed by atoms with Crippen molar-refractivity contribution in [3.8, 4) is 0 Å². The van der Waals surface area contributed by atoms with Crippen LogP contribution in [-0.4, -0.2) is 33.2 Å². The van der Waals surface area contributed by atoms with Crippen LogP contribution < -0.4 is 5.32 Å². The van der Waals surface area contributed by atoms with Gasteiger partial charge in [0, 0.05) is 19.2 Å². The van der Waals surface area contributed by atoms with Gasteiger partial charge in [-0.1, -0.05) is 6.07 Å². The Balaban J connectivity index is 1.49. The third kappa shape index (κ3) is 2.96. The first-order chi connectivity index (χ1) is 9.83. The highest BCUT2D eigenvalue weighted by molar-refractivity contribution is 5.75. The van der Waals surface area contributed by atoms with Crippen molar-refractivity contribution < 1.29 is 9.53 Å². The molecule has 0 spiro atoms. The molecule has 106 valence electrons. The largest absolute Gasteiger partial charge is 0.378 e. The normalized spacial score (nSPS) is 18.5. The molecule has 2 aromatic heterocycles. The molecule has 1 N–H and O–H groups in total. The number of nitrogens with one attached hydrogen (secondary N) is 1. The quantitative estimate of drug-likeness (QED) is 0.892. The van der Waals surface area contributed by atoms with E-state index < -0.39 is 0 Å². The zero-order chi connectivity index (χ0) is 13.8. The molecule has 0 radical (unpaired) electrons. The van der Waals surface area contributed by atoms with E-state index in [9.17, 15) is 4.79 Å². The van der Waals surface area contributed by atoms with Crippen molar-refractivity contribution in [2.75, 3.05) is 6.61 Å². The van der Waals surface area contributed by atoms with Crippen molar-refractivity contribution >= 4 is 11.6 Å². The highest BCUT2D eigenvalue weighted by Crippen LogP contribution is 2.16. The van der Waals surface area contributed by atoms with Crippen LogP contribution in [0.15, 0.2) is 24.4 Å². The summed E-state index contributed by atoms with van der Waals surface area (Å²) in [6.45, 7) is 1.23. The van der Waals surface area contributed by atoms with Gasteiger partial charge in [-0.3, -0.25) is 9.20 Å². The maximum Gasteiger partial charge on any atom is 0.220 e. The van der Waals surface area contributed by atoms with E-state index in [0.717, 1.165) is 37.3 Å². The maximum absolute atomic E-state index is 11.8. The van der Waals surface area contributed by atoms with E-state index in [1.807, 2.05) is 28.8 Å². The Morgan fingerprint density at radius 1 is 1.45 bits per heavy atom. The summed E-state index contributed by atoms with van der Waals surface area (Å²) in [5.74, 6) is 0.777. The molecule has 1 aliphatic rings. The Morgan fingerprint density at radius 3 is 3.25 bits per heavy atom. The summed E-state index contributed by atoms with van der Waals surface area (Å²) in [6, 6.07) is 5.71. The van der Waals surface area contributed by atoms with Gasteiger partial charge in [-0.2, -0.15) is 0 Å². The number of hydrogen-bond acceptors (Lipinski definition) is 4. The van der Waals surface area contributed by atoms with Crippen molar-refractivity contribution in [3.63, 3.8) is 0 Å². The van der Waals surface area contributed by atoms with Gasteiger partial charge in [0.1, 0.15) is 0 Å². The first-order valence-corrected chi connectivity index (χ1v) is 7.00. The number of aromatic nitrogens is 3. The Labute approximate surface area is 117 Å². The summed E-state index contributed by atoms with van der Waals surface area (Å²) < 4.78 is 7.38. The van der Waals surface area contributed by atoms with Crippen LogP contribution in [0.5, 0.6) is 0 Å². The molecule has 1 saturated heterocycles. The van der Waals surface area contributed by atoms with Gasteiger partial charge in [0.05, 0.1) is 12.6 Å². The minimum Gasteiger partial charge on any atom is -0.378 e. The molecule has 0 aliphatic carbocycles. The lowest BCUT2D eigenvalue weighted by Gasteiger charge is -2.08. The first kappa shape index (κ1) is 13.1. The molecule has 0 bridgehead atoms. The molecule has 1 aliphatic heterocycles. The molecule has 0 saturated carbocycles. The topological polar surface area (TPSA) is 68.5 Å². The molecule has 3 heterocycles. The lowest BCUT2D eigenvalue weighted by Crippen LogP contribution is -2.25.